The summed E-state index contributed by atoms with van der Waals surface area (Å²) in [6.45, 7) is 7.73. The average Bonchev–Trinajstić information content (AvgIpc) is 1.87. The lowest BCUT2D eigenvalue weighted by molar-refractivity contribution is 0.664. The summed E-state index contributed by atoms with van der Waals surface area (Å²) in [6, 6.07) is 0. The minimum atomic E-state index is 0.711. The lowest BCUT2D eigenvalue weighted by Gasteiger charge is -1.95. The summed E-state index contributed by atoms with van der Waals surface area (Å²) in [5.41, 5.74) is 0. The number of halogens is 1. The number of hydrogen-bond donors (Lipinski definition) is 0. The van der Waals surface area contributed by atoms with E-state index in [2.05, 4.69) is 47.6 Å². The highest BCUT2D eigenvalue weighted by molar-refractivity contribution is 9.11. The molecule has 0 fully saturated rings. The summed E-state index contributed by atoms with van der Waals surface area (Å²) >= 11 is 3.33. The van der Waals surface area contributed by atoms with E-state index in [0.717, 1.165) is 10.9 Å². The van der Waals surface area contributed by atoms with Gasteiger partial charge in [-0.1, -0.05) is 26.0 Å². The zero-order valence-corrected chi connectivity index (χ0v) is 8.63. The van der Waals surface area contributed by atoms with Gasteiger partial charge in [-0.2, -0.15) is 0 Å². The van der Waals surface area contributed by atoms with Crippen LogP contribution in [-0.4, -0.2) is 6.72 Å². The quantitative estimate of drug-likeness (QED) is 0.503. The number of allylic oxidation sites excluding steroid dienone is 3. The Labute approximate surface area is 77.0 Å². The maximum absolute atomic E-state index is 3.62. The first-order valence-electron chi connectivity index (χ1n) is 3.65. The predicted molar refractivity (Wildman–Crippen MR) is 55.2 cm³/mol. The van der Waals surface area contributed by atoms with E-state index in [0.29, 0.717) is 5.92 Å². The van der Waals surface area contributed by atoms with Gasteiger partial charge in [-0.25, -0.2) is 0 Å². The van der Waals surface area contributed by atoms with E-state index in [1.807, 2.05) is 6.08 Å². The van der Waals surface area contributed by atoms with Gasteiger partial charge in [0.05, 0.1) is 0 Å². The van der Waals surface area contributed by atoms with Crippen molar-refractivity contribution in [2.75, 3.05) is 0 Å². The molecule has 11 heavy (non-hydrogen) atoms. The molecule has 0 N–H and O–H groups in total. The number of nitrogens with zero attached hydrogens (tertiary/aromatic N) is 1. The molecule has 0 aromatic rings. The van der Waals surface area contributed by atoms with Gasteiger partial charge in [-0.3, -0.25) is 4.99 Å². The molecular weight excluding hydrogens is 202 g/mol. The second kappa shape index (κ2) is 6.35. The number of aliphatic imine (C=N–C) groups is 1. The van der Waals surface area contributed by atoms with Crippen LogP contribution < -0.4 is 0 Å². The maximum Gasteiger partial charge on any atom is 0.0402 e. The fraction of sp³-hybridized carbons (Fsp3) is 0.444. The van der Waals surface area contributed by atoms with Crippen LogP contribution in [0.3, 0.4) is 0 Å². The molecule has 0 aromatic heterocycles. The standard InChI is InChI=1S/C9H14BrN/c1-8(2)5-4-6-9(10)7-11-3/h4,6-8H,3,5H2,1-2H3/b6-4-,9-7+. The first kappa shape index (κ1) is 10.6. The lowest BCUT2D eigenvalue weighted by Crippen LogP contribution is -1.80. The van der Waals surface area contributed by atoms with Crippen molar-refractivity contribution in [1.82, 2.24) is 0 Å². The molecule has 0 saturated heterocycles. The van der Waals surface area contributed by atoms with Gasteiger partial charge < -0.3 is 0 Å². The molecule has 1 nitrogen and oxygen atoms in total. The van der Waals surface area contributed by atoms with Gasteiger partial charge in [-0.15, -0.1) is 0 Å². The highest BCUT2D eigenvalue weighted by Gasteiger charge is 1.87. The summed E-state index contributed by atoms with van der Waals surface area (Å²) in [6.07, 6.45) is 6.89. The van der Waals surface area contributed by atoms with Crippen molar-refractivity contribution >= 4 is 22.6 Å². The molecule has 0 radical (unpaired) electrons. The lowest BCUT2D eigenvalue weighted by atomic mass is 10.1. The highest BCUT2D eigenvalue weighted by Crippen LogP contribution is 2.08. The van der Waals surface area contributed by atoms with Crippen molar-refractivity contribution in [1.29, 1.82) is 0 Å². The summed E-state index contributed by atoms with van der Waals surface area (Å²) in [5, 5.41) is 0. The Morgan fingerprint density at radius 3 is 2.73 bits per heavy atom. The van der Waals surface area contributed by atoms with Crippen LogP contribution in [0.1, 0.15) is 20.3 Å². The van der Waals surface area contributed by atoms with Crippen LogP contribution in [-0.2, 0) is 0 Å². The zero-order chi connectivity index (χ0) is 8.69. The second-order valence-electron chi connectivity index (χ2n) is 2.73. The van der Waals surface area contributed by atoms with Gasteiger partial charge in [0.2, 0.25) is 0 Å². The molecular formula is C9H14BrN. The molecule has 0 bridgehead atoms. The van der Waals surface area contributed by atoms with Crippen LogP contribution in [0.4, 0.5) is 0 Å². The monoisotopic (exact) mass is 215 g/mol. The van der Waals surface area contributed by atoms with Crippen LogP contribution in [0.25, 0.3) is 0 Å². The maximum atomic E-state index is 3.62. The van der Waals surface area contributed by atoms with Gasteiger partial charge in [0.15, 0.2) is 0 Å². The highest BCUT2D eigenvalue weighted by atomic mass is 79.9. The fourth-order valence-electron chi connectivity index (χ4n) is 0.583. The number of hydrogen-bond acceptors (Lipinski definition) is 1. The van der Waals surface area contributed by atoms with E-state index in [1.165, 1.54) is 0 Å². The van der Waals surface area contributed by atoms with Crippen molar-refractivity contribution < 1.29 is 0 Å². The van der Waals surface area contributed by atoms with E-state index in [9.17, 15) is 0 Å². The molecule has 0 aliphatic rings. The summed E-state index contributed by atoms with van der Waals surface area (Å²) in [5.74, 6) is 0.711. The van der Waals surface area contributed by atoms with Crippen molar-refractivity contribution in [3.05, 3.63) is 22.8 Å². The molecule has 62 valence electrons. The molecule has 2 heteroatoms. The Balaban J connectivity index is 3.73. The number of rotatable bonds is 4. The molecule has 0 aromatic carbocycles. The average molecular weight is 216 g/mol. The molecule has 0 saturated carbocycles. The van der Waals surface area contributed by atoms with Gasteiger partial charge in [0.25, 0.3) is 0 Å². The first-order chi connectivity index (χ1) is 5.16. The largest absolute Gasteiger partial charge is 0.271 e. The molecule has 0 rings (SSSR count). The minimum Gasteiger partial charge on any atom is -0.271 e. The Morgan fingerprint density at radius 2 is 2.27 bits per heavy atom. The second-order valence-corrected chi connectivity index (χ2v) is 3.64. The Morgan fingerprint density at radius 1 is 1.64 bits per heavy atom. The summed E-state index contributed by atoms with van der Waals surface area (Å²) < 4.78 is 0.966. The van der Waals surface area contributed by atoms with E-state index in [4.69, 9.17) is 0 Å². The third kappa shape index (κ3) is 7.53. The van der Waals surface area contributed by atoms with E-state index < -0.39 is 0 Å². The van der Waals surface area contributed by atoms with Crippen molar-refractivity contribution in [3.8, 4) is 0 Å². The van der Waals surface area contributed by atoms with Gasteiger partial charge >= 0.3 is 0 Å². The van der Waals surface area contributed by atoms with Crippen LogP contribution >= 0.6 is 15.9 Å². The Kier molecular flexibility index (Phi) is 6.13. The molecule has 0 atom stereocenters. The van der Waals surface area contributed by atoms with E-state index in [1.54, 1.807) is 6.20 Å². The van der Waals surface area contributed by atoms with Crippen molar-refractivity contribution in [2.45, 2.75) is 20.3 Å². The predicted octanol–water partition coefficient (Wildman–Crippen LogP) is 3.53. The van der Waals surface area contributed by atoms with Crippen LogP contribution in [0.2, 0.25) is 0 Å². The van der Waals surface area contributed by atoms with Crippen molar-refractivity contribution in [3.63, 3.8) is 0 Å². The summed E-state index contributed by atoms with van der Waals surface area (Å²) in [7, 11) is 0. The smallest absolute Gasteiger partial charge is 0.0402 e. The van der Waals surface area contributed by atoms with E-state index >= 15 is 0 Å². The third-order valence-electron chi connectivity index (χ3n) is 1.10. The Hall–Kier alpha value is -0.370. The first-order valence-corrected chi connectivity index (χ1v) is 4.44. The van der Waals surface area contributed by atoms with E-state index in [-0.39, 0.29) is 0 Å². The molecule has 0 aliphatic heterocycles. The van der Waals surface area contributed by atoms with Gasteiger partial charge in [0, 0.05) is 10.7 Å². The summed E-state index contributed by atoms with van der Waals surface area (Å²) in [4.78, 5) is 3.62. The van der Waals surface area contributed by atoms with Crippen LogP contribution in [0, 0.1) is 5.92 Å². The normalized spacial score (nSPS) is 12.9. The minimum absolute atomic E-state index is 0.711. The topological polar surface area (TPSA) is 12.4 Å². The van der Waals surface area contributed by atoms with Gasteiger partial charge in [0.1, 0.15) is 0 Å². The zero-order valence-electron chi connectivity index (χ0n) is 7.05. The molecule has 0 aliphatic carbocycles. The molecule has 0 spiro atoms. The third-order valence-corrected chi connectivity index (χ3v) is 1.57. The van der Waals surface area contributed by atoms with Crippen LogP contribution in [0.15, 0.2) is 27.8 Å². The molecule has 0 heterocycles. The Bertz CT molecular complexity index is 168. The fourth-order valence-corrected chi connectivity index (χ4v) is 0.915. The molecule has 0 amide bonds. The van der Waals surface area contributed by atoms with Gasteiger partial charge in [-0.05, 0) is 35.0 Å². The SMILES string of the molecule is C=N/C=C(Br)\C=C/CC(C)C. The molecule has 0 unspecified atom stereocenters. The van der Waals surface area contributed by atoms with Crippen molar-refractivity contribution in [2.24, 2.45) is 10.9 Å². The van der Waals surface area contributed by atoms with Crippen LogP contribution in [0.5, 0.6) is 0 Å².